The fourth-order valence-electron chi connectivity index (χ4n) is 3.74. The van der Waals surface area contributed by atoms with E-state index >= 15 is 0 Å². The molecule has 3 rings (SSSR count). The van der Waals surface area contributed by atoms with E-state index in [0.29, 0.717) is 45.6 Å². The summed E-state index contributed by atoms with van der Waals surface area (Å²) in [6.45, 7) is 1.91. The lowest BCUT2D eigenvalue weighted by atomic mass is 10.0. The number of nitrogens with two attached hydrogens (primary N) is 1. The summed E-state index contributed by atoms with van der Waals surface area (Å²) in [6, 6.07) is 17.9. The summed E-state index contributed by atoms with van der Waals surface area (Å²) in [5, 5.41) is 5.86. The Morgan fingerprint density at radius 1 is 0.941 bits per heavy atom. The van der Waals surface area contributed by atoms with Crippen molar-refractivity contribution in [1.82, 2.24) is 15.5 Å². The van der Waals surface area contributed by atoms with Crippen molar-refractivity contribution in [2.75, 3.05) is 26.3 Å². The zero-order valence-electron chi connectivity index (χ0n) is 19.2. The molecule has 1 fully saturated rings. The van der Waals surface area contributed by atoms with Gasteiger partial charge in [0.2, 0.25) is 11.8 Å². The molecular weight excluding hydrogens is 432 g/mol. The van der Waals surface area contributed by atoms with Crippen LogP contribution in [0, 0.1) is 0 Å². The van der Waals surface area contributed by atoms with E-state index in [1.54, 1.807) is 11.0 Å². The largest absolute Gasteiger partial charge is 0.378 e. The maximum atomic E-state index is 13.3. The number of carbonyl (C=O) groups is 3. The summed E-state index contributed by atoms with van der Waals surface area (Å²) in [6.07, 6.45) is 4.49. The second kappa shape index (κ2) is 13.2. The number of hydrogen-bond donors (Lipinski definition) is 3. The molecule has 0 unspecified atom stereocenters. The Hall–Kier alpha value is -3.65. The number of morpholine rings is 1. The topological polar surface area (TPSA) is 114 Å². The Morgan fingerprint density at radius 2 is 1.56 bits per heavy atom. The average Bonchev–Trinajstić information content (AvgIpc) is 2.86. The predicted octanol–water partition coefficient (Wildman–Crippen LogP) is 1.80. The van der Waals surface area contributed by atoms with Crippen LogP contribution in [0.5, 0.6) is 0 Å². The molecule has 0 spiro atoms. The minimum atomic E-state index is -0.779. The van der Waals surface area contributed by atoms with E-state index in [2.05, 4.69) is 10.6 Å². The molecule has 8 heteroatoms. The number of primary amides is 1. The Balaban J connectivity index is 1.71. The normalized spacial score (nSPS) is 15.5. The van der Waals surface area contributed by atoms with E-state index in [1.165, 1.54) is 6.08 Å². The smallest absolute Gasteiger partial charge is 0.318 e. The van der Waals surface area contributed by atoms with Crippen LogP contribution in [-0.4, -0.2) is 61.1 Å². The highest BCUT2D eigenvalue weighted by Crippen LogP contribution is 2.09. The van der Waals surface area contributed by atoms with Gasteiger partial charge in [-0.25, -0.2) is 4.79 Å². The molecule has 4 amide bonds. The number of benzene rings is 2. The van der Waals surface area contributed by atoms with Gasteiger partial charge in [0.15, 0.2) is 0 Å². The molecule has 0 aliphatic carbocycles. The molecule has 0 saturated carbocycles. The third kappa shape index (κ3) is 8.37. The first-order chi connectivity index (χ1) is 16.5. The Labute approximate surface area is 200 Å². The van der Waals surface area contributed by atoms with Crippen molar-refractivity contribution in [3.05, 3.63) is 83.9 Å². The van der Waals surface area contributed by atoms with Gasteiger partial charge in [0, 0.05) is 31.6 Å². The van der Waals surface area contributed by atoms with E-state index < -0.39 is 18.0 Å². The molecule has 2 atom stereocenters. The van der Waals surface area contributed by atoms with Crippen molar-refractivity contribution < 1.29 is 19.1 Å². The Bertz CT molecular complexity index is 959. The zero-order chi connectivity index (χ0) is 24.2. The molecule has 1 heterocycles. The number of nitrogens with one attached hydrogen (secondary N) is 2. The van der Waals surface area contributed by atoms with E-state index in [4.69, 9.17) is 10.5 Å². The molecule has 8 nitrogen and oxygen atoms in total. The van der Waals surface area contributed by atoms with Crippen LogP contribution in [0.15, 0.2) is 72.8 Å². The number of urea groups is 1. The van der Waals surface area contributed by atoms with Crippen LogP contribution in [-0.2, 0) is 27.2 Å². The van der Waals surface area contributed by atoms with Gasteiger partial charge in [-0.15, -0.1) is 0 Å². The van der Waals surface area contributed by atoms with Gasteiger partial charge >= 0.3 is 6.03 Å². The predicted molar refractivity (Wildman–Crippen MR) is 130 cm³/mol. The van der Waals surface area contributed by atoms with Gasteiger partial charge in [-0.05, 0) is 24.0 Å². The number of aryl methyl sites for hydroxylation is 1. The summed E-state index contributed by atoms with van der Waals surface area (Å²) >= 11 is 0. The molecular formula is C26H32N4O4. The Kier molecular flexibility index (Phi) is 9.66. The maximum Gasteiger partial charge on any atom is 0.318 e. The van der Waals surface area contributed by atoms with Gasteiger partial charge in [0.1, 0.15) is 6.04 Å². The van der Waals surface area contributed by atoms with Crippen LogP contribution in [0.1, 0.15) is 17.5 Å². The van der Waals surface area contributed by atoms with Crippen LogP contribution >= 0.6 is 0 Å². The molecule has 0 bridgehead atoms. The van der Waals surface area contributed by atoms with Crippen molar-refractivity contribution in [2.45, 2.75) is 31.3 Å². The van der Waals surface area contributed by atoms with Crippen molar-refractivity contribution in [3.8, 4) is 0 Å². The highest BCUT2D eigenvalue weighted by molar-refractivity contribution is 5.88. The second-order valence-corrected chi connectivity index (χ2v) is 8.19. The molecule has 4 N–H and O–H groups in total. The molecule has 1 saturated heterocycles. The first kappa shape index (κ1) is 25.0. The van der Waals surface area contributed by atoms with Crippen LogP contribution < -0.4 is 16.4 Å². The lowest BCUT2D eigenvalue weighted by Crippen LogP contribution is -2.55. The standard InChI is InChI=1S/C26H32N4O4/c27-24(31)14-13-22(12-11-20-7-3-1-4-8-20)28-25(32)23(19-21-9-5-2-6-10-21)29-26(33)30-15-17-34-18-16-30/h1-10,13-14,22-23H,11-12,15-19H2,(H2,27,31)(H,28,32)(H,29,33)/b14-13+/t22-,23-/m0/s1. The van der Waals surface area contributed by atoms with Gasteiger partial charge in [0.05, 0.1) is 13.2 Å². The third-order valence-electron chi connectivity index (χ3n) is 5.60. The van der Waals surface area contributed by atoms with Crippen molar-refractivity contribution in [2.24, 2.45) is 5.73 Å². The Morgan fingerprint density at radius 3 is 2.18 bits per heavy atom. The molecule has 2 aromatic rings. The van der Waals surface area contributed by atoms with Crippen LogP contribution in [0.4, 0.5) is 4.79 Å². The van der Waals surface area contributed by atoms with E-state index in [9.17, 15) is 14.4 Å². The monoisotopic (exact) mass is 464 g/mol. The third-order valence-corrected chi connectivity index (χ3v) is 5.60. The summed E-state index contributed by atoms with van der Waals surface area (Å²) in [5.74, 6) is -0.905. The van der Waals surface area contributed by atoms with Gasteiger partial charge in [-0.3, -0.25) is 9.59 Å². The molecule has 0 aromatic heterocycles. The van der Waals surface area contributed by atoms with Gasteiger partial charge in [0.25, 0.3) is 0 Å². The van der Waals surface area contributed by atoms with Gasteiger partial charge in [-0.2, -0.15) is 0 Å². The number of rotatable bonds is 10. The molecule has 180 valence electrons. The SMILES string of the molecule is NC(=O)/C=C/[C@H](CCc1ccccc1)NC(=O)[C@H](Cc1ccccc1)NC(=O)N1CCOCC1. The van der Waals surface area contributed by atoms with E-state index in [1.807, 2.05) is 60.7 Å². The summed E-state index contributed by atoms with van der Waals surface area (Å²) in [4.78, 5) is 39.1. The summed E-state index contributed by atoms with van der Waals surface area (Å²) < 4.78 is 5.31. The highest BCUT2D eigenvalue weighted by atomic mass is 16.5. The van der Waals surface area contributed by atoms with E-state index in [0.717, 1.165) is 11.1 Å². The summed E-state index contributed by atoms with van der Waals surface area (Å²) in [7, 11) is 0. The van der Waals surface area contributed by atoms with Crippen molar-refractivity contribution in [1.29, 1.82) is 0 Å². The molecule has 1 aliphatic rings. The maximum absolute atomic E-state index is 13.3. The molecule has 34 heavy (non-hydrogen) atoms. The first-order valence-corrected chi connectivity index (χ1v) is 11.5. The van der Waals surface area contributed by atoms with Crippen LogP contribution in [0.2, 0.25) is 0 Å². The lowest BCUT2D eigenvalue weighted by Gasteiger charge is -2.29. The number of amides is 4. The fourth-order valence-corrected chi connectivity index (χ4v) is 3.74. The number of nitrogens with zero attached hydrogens (tertiary/aromatic N) is 1. The molecule has 2 aromatic carbocycles. The molecule has 0 radical (unpaired) electrons. The van der Waals surface area contributed by atoms with Gasteiger partial charge in [-0.1, -0.05) is 66.7 Å². The highest BCUT2D eigenvalue weighted by Gasteiger charge is 2.26. The second-order valence-electron chi connectivity index (χ2n) is 8.19. The van der Waals surface area contributed by atoms with Gasteiger partial charge < -0.3 is 26.0 Å². The number of ether oxygens (including phenoxy) is 1. The van der Waals surface area contributed by atoms with Crippen molar-refractivity contribution >= 4 is 17.8 Å². The zero-order valence-corrected chi connectivity index (χ0v) is 19.2. The summed E-state index contributed by atoms with van der Waals surface area (Å²) in [5.41, 5.74) is 7.33. The quantitative estimate of drug-likeness (QED) is 0.465. The lowest BCUT2D eigenvalue weighted by molar-refractivity contribution is -0.123. The number of carbonyl (C=O) groups excluding carboxylic acids is 3. The van der Waals surface area contributed by atoms with Crippen LogP contribution in [0.3, 0.4) is 0 Å². The molecule has 1 aliphatic heterocycles. The van der Waals surface area contributed by atoms with Crippen molar-refractivity contribution in [3.63, 3.8) is 0 Å². The van der Waals surface area contributed by atoms with Crippen LogP contribution in [0.25, 0.3) is 0 Å². The van der Waals surface area contributed by atoms with E-state index in [-0.39, 0.29) is 11.9 Å². The minimum absolute atomic E-state index is 0.298. The average molecular weight is 465 g/mol. The minimum Gasteiger partial charge on any atom is -0.378 e. The fraction of sp³-hybridized carbons (Fsp3) is 0.346. The first-order valence-electron chi connectivity index (χ1n) is 11.5. The number of hydrogen-bond acceptors (Lipinski definition) is 4.